The molecule has 0 amide bonds. The van der Waals surface area contributed by atoms with Crippen molar-refractivity contribution in [2.45, 2.75) is 39.5 Å². The van der Waals surface area contributed by atoms with Gasteiger partial charge in [-0.05, 0) is 48.7 Å². The van der Waals surface area contributed by atoms with E-state index in [4.69, 9.17) is 16.3 Å². The topological polar surface area (TPSA) is 21.3 Å². The molecule has 0 saturated carbocycles. The molecule has 0 fully saturated rings. The summed E-state index contributed by atoms with van der Waals surface area (Å²) in [5.74, 6) is 0.886. The van der Waals surface area contributed by atoms with Crippen LogP contribution in [0.3, 0.4) is 0 Å². The van der Waals surface area contributed by atoms with Gasteiger partial charge in [0.25, 0.3) is 0 Å². The number of halogens is 1. The van der Waals surface area contributed by atoms with Gasteiger partial charge in [-0.25, -0.2) is 0 Å². The minimum absolute atomic E-state index is 0.547. The van der Waals surface area contributed by atoms with E-state index in [0.717, 1.165) is 29.3 Å². The zero-order valence-corrected chi connectivity index (χ0v) is 13.4. The largest absolute Gasteiger partial charge is 0.489 e. The average molecular weight is 304 g/mol. The molecule has 2 rings (SSSR count). The zero-order valence-electron chi connectivity index (χ0n) is 12.6. The molecule has 21 heavy (non-hydrogen) atoms. The Kier molecular flexibility index (Phi) is 6.09. The van der Waals surface area contributed by atoms with Crippen molar-refractivity contribution in [1.82, 2.24) is 5.32 Å². The molecule has 0 aliphatic rings. The van der Waals surface area contributed by atoms with Crippen molar-refractivity contribution in [2.75, 3.05) is 0 Å². The molecule has 1 atom stereocenters. The van der Waals surface area contributed by atoms with E-state index in [1.54, 1.807) is 0 Å². The standard InChI is InChI=1S/C18H22ClNO/c1-3-14(2)20-12-15-6-10-18(11-7-15)21-13-16-4-8-17(19)9-5-16/h4-11,14,20H,3,12-13H2,1-2H3/t14-/m1/s1. The fraction of sp³-hybridized carbons (Fsp3) is 0.333. The Labute approximate surface area is 132 Å². The van der Waals surface area contributed by atoms with E-state index in [1.807, 2.05) is 36.4 Å². The summed E-state index contributed by atoms with van der Waals surface area (Å²) in [6.45, 7) is 5.84. The van der Waals surface area contributed by atoms with Gasteiger partial charge in [-0.1, -0.05) is 42.8 Å². The SMILES string of the molecule is CC[C@@H](C)NCc1ccc(OCc2ccc(Cl)cc2)cc1. The molecule has 112 valence electrons. The lowest BCUT2D eigenvalue weighted by atomic mass is 10.2. The van der Waals surface area contributed by atoms with Crippen LogP contribution >= 0.6 is 11.6 Å². The zero-order chi connectivity index (χ0) is 15.1. The summed E-state index contributed by atoms with van der Waals surface area (Å²) in [6.07, 6.45) is 1.14. The number of rotatable bonds is 7. The molecular formula is C18H22ClNO. The number of nitrogens with one attached hydrogen (secondary N) is 1. The third-order valence-corrected chi connectivity index (χ3v) is 3.76. The second kappa shape index (κ2) is 8.06. The Morgan fingerprint density at radius 1 is 1.00 bits per heavy atom. The van der Waals surface area contributed by atoms with Crippen LogP contribution in [0.1, 0.15) is 31.4 Å². The van der Waals surface area contributed by atoms with Gasteiger partial charge in [0.15, 0.2) is 0 Å². The Morgan fingerprint density at radius 3 is 2.24 bits per heavy atom. The fourth-order valence-corrected chi connectivity index (χ4v) is 2.01. The van der Waals surface area contributed by atoms with Gasteiger partial charge in [-0.15, -0.1) is 0 Å². The molecule has 3 heteroatoms. The molecule has 0 aliphatic carbocycles. The van der Waals surface area contributed by atoms with Gasteiger partial charge in [0.2, 0.25) is 0 Å². The summed E-state index contributed by atoms with van der Waals surface area (Å²) in [5, 5.41) is 4.22. The van der Waals surface area contributed by atoms with Crippen molar-refractivity contribution in [2.24, 2.45) is 0 Å². The highest BCUT2D eigenvalue weighted by atomic mass is 35.5. The first kappa shape index (κ1) is 15.9. The molecule has 0 radical (unpaired) electrons. The van der Waals surface area contributed by atoms with E-state index >= 15 is 0 Å². The van der Waals surface area contributed by atoms with Crippen molar-refractivity contribution in [1.29, 1.82) is 0 Å². The molecular weight excluding hydrogens is 282 g/mol. The van der Waals surface area contributed by atoms with Crippen LogP contribution < -0.4 is 10.1 Å². The van der Waals surface area contributed by atoms with Gasteiger partial charge in [0.1, 0.15) is 12.4 Å². The van der Waals surface area contributed by atoms with E-state index < -0.39 is 0 Å². The minimum atomic E-state index is 0.547. The third kappa shape index (κ3) is 5.41. The molecule has 2 nitrogen and oxygen atoms in total. The van der Waals surface area contributed by atoms with Crippen LogP contribution in [0, 0.1) is 0 Å². The highest BCUT2D eigenvalue weighted by Crippen LogP contribution is 2.15. The first-order valence-corrected chi connectivity index (χ1v) is 7.74. The lowest BCUT2D eigenvalue weighted by Crippen LogP contribution is -2.24. The van der Waals surface area contributed by atoms with Gasteiger partial charge in [0.05, 0.1) is 0 Å². The molecule has 2 aromatic carbocycles. The van der Waals surface area contributed by atoms with Crippen LogP contribution in [0.5, 0.6) is 5.75 Å². The maximum Gasteiger partial charge on any atom is 0.119 e. The summed E-state index contributed by atoms with van der Waals surface area (Å²) in [7, 11) is 0. The molecule has 0 spiro atoms. The summed E-state index contributed by atoms with van der Waals surface area (Å²) in [6, 6.07) is 16.5. The Balaban J connectivity index is 1.83. The molecule has 0 aromatic heterocycles. The summed E-state index contributed by atoms with van der Waals surface area (Å²) < 4.78 is 5.77. The van der Waals surface area contributed by atoms with E-state index in [9.17, 15) is 0 Å². The summed E-state index contributed by atoms with van der Waals surface area (Å²) in [5.41, 5.74) is 2.39. The minimum Gasteiger partial charge on any atom is -0.489 e. The Morgan fingerprint density at radius 2 is 1.62 bits per heavy atom. The molecule has 0 aliphatic heterocycles. The van der Waals surface area contributed by atoms with Crippen molar-refractivity contribution >= 4 is 11.6 Å². The van der Waals surface area contributed by atoms with E-state index in [2.05, 4.69) is 31.3 Å². The first-order valence-electron chi connectivity index (χ1n) is 7.37. The lowest BCUT2D eigenvalue weighted by Gasteiger charge is -2.12. The third-order valence-electron chi connectivity index (χ3n) is 3.51. The van der Waals surface area contributed by atoms with E-state index in [0.29, 0.717) is 12.6 Å². The highest BCUT2D eigenvalue weighted by Gasteiger charge is 2.00. The predicted molar refractivity (Wildman–Crippen MR) is 88.8 cm³/mol. The first-order chi connectivity index (χ1) is 10.2. The fourth-order valence-electron chi connectivity index (χ4n) is 1.89. The van der Waals surface area contributed by atoms with Crippen LogP contribution in [0.2, 0.25) is 5.02 Å². The molecule has 0 saturated heterocycles. The molecule has 0 bridgehead atoms. The predicted octanol–water partition coefficient (Wildman–Crippen LogP) is 4.81. The average Bonchev–Trinajstić information content (AvgIpc) is 2.53. The Hall–Kier alpha value is -1.51. The van der Waals surface area contributed by atoms with Gasteiger partial charge >= 0.3 is 0 Å². The summed E-state index contributed by atoms with van der Waals surface area (Å²) in [4.78, 5) is 0. The van der Waals surface area contributed by atoms with Crippen molar-refractivity contribution < 1.29 is 4.74 Å². The number of hydrogen-bond acceptors (Lipinski definition) is 2. The van der Waals surface area contributed by atoms with Crippen LogP contribution in [0.25, 0.3) is 0 Å². The second-order valence-corrected chi connectivity index (χ2v) is 5.69. The normalized spacial score (nSPS) is 12.1. The molecule has 1 N–H and O–H groups in total. The van der Waals surface area contributed by atoms with E-state index in [-0.39, 0.29) is 0 Å². The summed E-state index contributed by atoms with van der Waals surface area (Å²) >= 11 is 5.86. The Bertz CT molecular complexity index is 536. The lowest BCUT2D eigenvalue weighted by molar-refractivity contribution is 0.306. The van der Waals surface area contributed by atoms with Gasteiger partial charge in [0, 0.05) is 17.6 Å². The monoisotopic (exact) mass is 303 g/mol. The maximum absolute atomic E-state index is 5.86. The van der Waals surface area contributed by atoms with Crippen LogP contribution in [0.15, 0.2) is 48.5 Å². The van der Waals surface area contributed by atoms with Crippen LogP contribution in [-0.2, 0) is 13.2 Å². The second-order valence-electron chi connectivity index (χ2n) is 5.25. The molecule has 0 unspecified atom stereocenters. The van der Waals surface area contributed by atoms with Crippen molar-refractivity contribution in [3.8, 4) is 5.75 Å². The molecule has 0 heterocycles. The van der Waals surface area contributed by atoms with E-state index in [1.165, 1.54) is 5.56 Å². The van der Waals surface area contributed by atoms with Crippen LogP contribution in [0.4, 0.5) is 0 Å². The molecule has 2 aromatic rings. The van der Waals surface area contributed by atoms with Gasteiger partial charge < -0.3 is 10.1 Å². The maximum atomic E-state index is 5.86. The van der Waals surface area contributed by atoms with Gasteiger partial charge in [-0.2, -0.15) is 0 Å². The van der Waals surface area contributed by atoms with Crippen molar-refractivity contribution in [3.05, 3.63) is 64.7 Å². The van der Waals surface area contributed by atoms with Crippen molar-refractivity contribution in [3.63, 3.8) is 0 Å². The van der Waals surface area contributed by atoms with Crippen LogP contribution in [-0.4, -0.2) is 6.04 Å². The number of benzene rings is 2. The van der Waals surface area contributed by atoms with Gasteiger partial charge in [-0.3, -0.25) is 0 Å². The highest BCUT2D eigenvalue weighted by molar-refractivity contribution is 6.30. The quantitative estimate of drug-likeness (QED) is 0.793. The smallest absolute Gasteiger partial charge is 0.119 e. The number of ether oxygens (including phenoxy) is 1. The number of hydrogen-bond donors (Lipinski definition) is 1.